The summed E-state index contributed by atoms with van der Waals surface area (Å²) < 4.78 is 4.85. The number of hydrogen-bond acceptors (Lipinski definition) is 2. The topological polar surface area (TPSA) is 26.3 Å². The van der Waals surface area contributed by atoms with Gasteiger partial charge in [-0.25, -0.2) is 0 Å². The van der Waals surface area contributed by atoms with Gasteiger partial charge in [-0.2, -0.15) is 0 Å². The van der Waals surface area contributed by atoms with Gasteiger partial charge in [0.05, 0.1) is 13.0 Å². The van der Waals surface area contributed by atoms with Crippen LogP contribution in [-0.4, -0.2) is 13.1 Å². The molecule has 1 atom stereocenters. The van der Waals surface area contributed by atoms with Crippen molar-refractivity contribution >= 4 is 5.97 Å². The van der Waals surface area contributed by atoms with E-state index in [1.165, 1.54) is 20.0 Å². The van der Waals surface area contributed by atoms with E-state index in [4.69, 9.17) is 4.74 Å². The van der Waals surface area contributed by atoms with Crippen LogP contribution in [0.5, 0.6) is 0 Å². The molecule has 0 bridgehead atoms. The van der Waals surface area contributed by atoms with Crippen molar-refractivity contribution < 1.29 is 9.53 Å². The summed E-state index contributed by atoms with van der Waals surface area (Å²) in [6, 6.07) is 0. The molecule has 1 unspecified atom stereocenters. The van der Waals surface area contributed by atoms with E-state index in [-0.39, 0.29) is 17.3 Å². The zero-order valence-corrected chi connectivity index (χ0v) is 12.6. The molecular weight excluding hydrogens is 236 g/mol. The van der Waals surface area contributed by atoms with E-state index in [9.17, 15) is 4.79 Å². The van der Waals surface area contributed by atoms with Gasteiger partial charge in [0, 0.05) is 0 Å². The lowest BCUT2D eigenvalue weighted by atomic mass is 9.96. The maximum Gasteiger partial charge on any atom is 0.309 e. The Balaban J connectivity index is 2.49. The van der Waals surface area contributed by atoms with Crippen molar-refractivity contribution in [3.8, 4) is 0 Å². The minimum atomic E-state index is -0.130. The second-order valence-electron chi connectivity index (χ2n) is 6.34. The van der Waals surface area contributed by atoms with Crippen LogP contribution in [0.4, 0.5) is 0 Å². The Morgan fingerprint density at radius 2 is 2.05 bits per heavy atom. The quantitative estimate of drug-likeness (QED) is 0.406. The predicted molar refractivity (Wildman–Crippen MR) is 78.7 cm³/mol. The summed E-state index contributed by atoms with van der Waals surface area (Å²) in [5.41, 5.74) is 3.29. The van der Waals surface area contributed by atoms with Crippen LogP contribution in [0.25, 0.3) is 0 Å². The van der Waals surface area contributed by atoms with Crippen molar-refractivity contribution in [2.75, 3.05) is 7.11 Å². The van der Waals surface area contributed by atoms with Gasteiger partial charge in [-0.1, -0.05) is 32.9 Å². The molecule has 0 radical (unpaired) electrons. The van der Waals surface area contributed by atoms with E-state index in [0.29, 0.717) is 6.42 Å². The van der Waals surface area contributed by atoms with Crippen LogP contribution >= 0.6 is 0 Å². The third-order valence-corrected chi connectivity index (χ3v) is 3.02. The highest BCUT2D eigenvalue weighted by atomic mass is 16.5. The molecule has 2 heteroatoms. The third kappa shape index (κ3) is 7.69. The summed E-state index contributed by atoms with van der Waals surface area (Å²) in [6.45, 7) is 6.39. The van der Waals surface area contributed by atoms with Crippen molar-refractivity contribution in [3.63, 3.8) is 0 Å². The van der Waals surface area contributed by atoms with Gasteiger partial charge in [0.15, 0.2) is 0 Å². The Morgan fingerprint density at radius 1 is 1.37 bits per heavy atom. The van der Waals surface area contributed by atoms with E-state index in [1.807, 2.05) is 12.2 Å². The maximum atomic E-state index is 11.7. The predicted octanol–water partition coefficient (Wildman–Crippen LogP) is 4.28. The molecule has 1 fully saturated rings. The molecule has 19 heavy (non-hydrogen) atoms. The van der Waals surface area contributed by atoms with Crippen LogP contribution < -0.4 is 0 Å². The number of methoxy groups -OCH3 is 1. The smallest absolute Gasteiger partial charge is 0.309 e. The van der Waals surface area contributed by atoms with Gasteiger partial charge in [-0.15, -0.1) is 5.73 Å². The Bertz CT molecular complexity index is 375. The normalized spacial score (nSPS) is 16.8. The number of carbonyl (C=O) groups excluding carboxylic acids is 1. The van der Waals surface area contributed by atoms with Gasteiger partial charge in [-0.3, -0.25) is 4.79 Å². The molecule has 2 nitrogen and oxygen atoms in total. The lowest BCUT2D eigenvalue weighted by Crippen LogP contribution is -2.14. The van der Waals surface area contributed by atoms with Gasteiger partial charge in [0.2, 0.25) is 0 Å². The van der Waals surface area contributed by atoms with Gasteiger partial charge in [0.25, 0.3) is 0 Å². The largest absolute Gasteiger partial charge is 0.469 e. The highest BCUT2D eigenvalue weighted by molar-refractivity contribution is 5.72. The first-order valence-corrected chi connectivity index (χ1v) is 7.09. The van der Waals surface area contributed by atoms with Crippen molar-refractivity contribution in [1.29, 1.82) is 0 Å². The lowest BCUT2D eigenvalue weighted by Gasteiger charge is -2.10. The first-order valence-electron chi connectivity index (χ1n) is 7.09. The summed E-state index contributed by atoms with van der Waals surface area (Å²) in [5, 5.41) is 0. The molecule has 0 aromatic carbocycles. The molecule has 0 aromatic heterocycles. The van der Waals surface area contributed by atoms with Crippen LogP contribution in [0.2, 0.25) is 0 Å². The zero-order valence-electron chi connectivity index (χ0n) is 12.6. The van der Waals surface area contributed by atoms with Crippen LogP contribution in [0.1, 0.15) is 46.5 Å². The second kappa shape index (κ2) is 7.35. The molecule has 0 amide bonds. The number of allylic oxidation sites excluding steroid dienone is 3. The van der Waals surface area contributed by atoms with E-state index >= 15 is 0 Å². The fourth-order valence-electron chi connectivity index (χ4n) is 1.70. The Kier molecular flexibility index (Phi) is 6.11. The summed E-state index contributed by atoms with van der Waals surface area (Å²) in [5.74, 6) is 0.546. The van der Waals surface area contributed by atoms with Crippen molar-refractivity contribution in [2.24, 2.45) is 17.3 Å². The number of ether oxygens (including phenoxy) is 1. The fourth-order valence-corrected chi connectivity index (χ4v) is 1.70. The van der Waals surface area contributed by atoms with Crippen molar-refractivity contribution in [3.05, 3.63) is 30.0 Å². The number of esters is 1. The van der Waals surface area contributed by atoms with Gasteiger partial charge in [0.1, 0.15) is 0 Å². The SMILES string of the molecule is COC(=O)C(CC=C=CC(C)(C)C)C/C=C/C1CC1. The standard InChI is InChI=1S/C17H26O2/c1-17(2,3)13-6-5-9-15(16(18)19-4)10-7-8-14-11-12-14/h5,7-8,13-15H,9-12H2,1-4H3/b8-7+. The van der Waals surface area contributed by atoms with E-state index in [0.717, 1.165) is 12.3 Å². The highest BCUT2D eigenvalue weighted by Gasteiger charge is 2.19. The van der Waals surface area contributed by atoms with E-state index in [1.54, 1.807) is 0 Å². The lowest BCUT2D eigenvalue weighted by molar-refractivity contribution is -0.145. The molecule has 0 saturated heterocycles. The van der Waals surface area contributed by atoms with Gasteiger partial charge in [-0.05, 0) is 49.2 Å². The number of carbonyl (C=O) groups is 1. The summed E-state index contributed by atoms with van der Waals surface area (Å²) in [7, 11) is 1.45. The number of hydrogen-bond donors (Lipinski definition) is 0. The fraction of sp³-hybridized carbons (Fsp3) is 0.647. The zero-order chi connectivity index (χ0) is 14.3. The molecular formula is C17H26O2. The maximum absolute atomic E-state index is 11.7. The first kappa shape index (κ1) is 15.8. The van der Waals surface area contributed by atoms with Gasteiger partial charge < -0.3 is 4.74 Å². The van der Waals surface area contributed by atoms with Crippen molar-refractivity contribution in [1.82, 2.24) is 0 Å². The molecule has 106 valence electrons. The minimum Gasteiger partial charge on any atom is -0.469 e. The molecule has 0 aromatic rings. The van der Waals surface area contributed by atoms with Crippen LogP contribution in [-0.2, 0) is 9.53 Å². The molecule has 0 spiro atoms. The van der Waals surface area contributed by atoms with Gasteiger partial charge >= 0.3 is 5.97 Å². The number of rotatable bonds is 6. The average Bonchev–Trinajstić information content (AvgIpc) is 3.14. The summed E-state index contributed by atoms with van der Waals surface area (Å²) in [6.07, 6.45) is 12.4. The Labute approximate surface area is 117 Å². The molecule has 0 N–H and O–H groups in total. The minimum absolute atomic E-state index is 0.0825. The second-order valence-corrected chi connectivity index (χ2v) is 6.34. The molecule has 0 aliphatic heterocycles. The molecule has 1 saturated carbocycles. The average molecular weight is 262 g/mol. The van der Waals surface area contributed by atoms with Crippen LogP contribution in [0.15, 0.2) is 30.0 Å². The summed E-state index contributed by atoms with van der Waals surface area (Å²) in [4.78, 5) is 11.7. The highest BCUT2D eigenvalue weighted by Crippen LogP contribution is 2.30. The van der Waals surface area contributed by atoms with E-state index < -0.39 is 0 Å². The van der Waals surface area contributed by atoms with Crippen molar-refractivity contribution in [2.45, 2.75) is 46.5 Å². The molecule has 1 aliphatic rings. The monoisotopic (exact) mass is 262 g/mol. The first-order chi connectivity index (χ1) is 8.92. The Morgan fingerprint density at radius 3 is 2.58 bits per heavy atom. The van der Waals surface area contributed by atoms with Crippen LogP contribution in [0.3, 0.4) is 0 Å². The van der Waals surface area contributed by atoms with Crippen LogP contribution in [0, 0.1) is 17.3 Å². The Hall–Kier alpha value is -1.27. The molecule has 1 rings (SSSR count). The third-order valence-electron chi connectivity index (χ3n) is 3.02. The van der Waals surface area contributed by atoms with E-state index in [2.05, 4.69) is 38.7 Å². The molecule has 1 aliphatic carbocycles. The summed E-state index contributed by atoms with van der Waals surface area (Å²) >= 11 is 0. The molecule has 0 heterocycles.